The van der Waals surface area contributed by atoms with Crippen molar-refractivity contribution in [2.75, 3.05) is 5.73 Å². The molecule has 5 heteroatoms. The van der Waals surface area contributed by atoms with Crippen molar-refractivity contribution in [3.8, 4) is 0 Å². The van der Waals surface area contributed by atoms with E-state index in [9.17, 15) is 0 Å². The minimum absolute atomic E-state index is 0.650. The fourth-order valence-electron chi connectivity index (χ4n) is 2.45. The number of allylic oxidation sites excluding steroid dienone is 2. The number of hydrogen-bond donors (Lipinski definition) is 4. The van der Waals surface area contributed by atoms with Gasteiger partial charge in [0.1, 0.15) is 11.5 Å². The number of aromatic amines is 3. The molecule has 4 heterocycles. The average molecular weight is 313 g/mol. The SMILES string of the molecule is Nc1ccc(C=c2ccc(=C=c3ccc(=C=C4C=CC=N4)[nH]3)[nH]2)[nH]1. The van der Waals surface area contributed by atoms with Crippen molar-refractivity contribution >= 4 is 29.6 Å². The maximum absolute atomic E-state index is 5.68. The van der Waals surface area contributed by atoms with Crippen LogP contribution in [-0.4, -0.2) is 21.2 Å². The van der Waals surface area contributed by atoms with Crippen molar-refractivity contribution in [1.82, 2.24) is 15.0 Å². The van der Waals surface area contributed by atoms with E-state index in [1.165, 1.54) is 0 Å². The first-order valence-corrected chi connectivity index (χ1v) is 7.54. The van der Waals surface area contributed by atoms with Crippen LogP contribution in [0.25, 0.3) is 17.5 Å². The molecule has 1 aliphatic heterocycles. The lowest BCUT2D eigenvalue weighted by Crippen LogP contribution is -2.13. The first-order valence-electron chi connectivity index (χ1n) is 7.54. The Morgan fingerprint density at radius 2 is 1.67 bits per heavy atom. The minimum atomic E-state index is 0.650. The number of hydrogen-bond acceptors (Lipinski definition) is 2. The average Bonchev–Trinajstić information content (AvgIpc) is 3.32. The van der Waals surface area contributed by atoms with E-state index in [4.69, 9.17) is 5.73 Å². The Labute approximate surface area is 137 Å². The van der Waals surface area contributed by atoms with Gasteiger partial charge < -0.3 is 20.7 Å². The number of rotatable bonds is 1. The number of nitrogens with two attached hydrogens (primary N) is 1. The lowest BCUT2D eigenvalue weighted by Gasteiger charge is -1.84. The van der Waals surface area contributed by atoms with Crippen LogP contribution in [0.15, 0.2) is 59.2 Å². The highest BCUT2D eigenvalue weighted by Crippen LogP contribution is 2.02. The summed E-state index contributed by atoms with van der Waals surface area (Å²) in [6, 6.07) is 11.7. The van der Waals surface area contributed by atoms with Gasteiger partial charge in [-0.05, 0) is 54.6 Å². The molecule has 0 spiro atoms. The summed E-state index contributed by atoms with van der Waals surface area (Å²) in [6.45, 7) is 0. The van der Waals surface area contributed by atoms with Crippen molar-refractivity contribution in [2.45, 2.75) is 0 Å². The molecule has 0 saturated heterocycles. The molecule has 1 aliphatic rings. The summed E-state index contributed by atoms with van der Waals surface area (Å²) in [5.41, 5.74) is 13.9. The van der Waals surface area contributed by atoms with Crippen LogP contribution in [0.4, 0.5) is 5.82 Å². The fraction of sp³-hybridized carbons (Fsp3) is 0. The third kappa shape index (κ3) is 3.08. The van der Waals surface area contributed by atoms with Crippen LogP contribution in [0, 0.1) is 0 Å². The van der Waals surface area contributed by atoms with Gasteiger partial charge in [-0.1, -0.05) is 11.5 Å². The lowest BCUT2D eigenvalue weighted by molar-refractivity contribution is 1.24. The Morgan fingerprint density at radius 1 is 0.875 bits per heavy atom. The molecule has 5 nitrogen and oxygen atoms in total. The molecule has 0 aromatic carbocycles. The molecule has 4 rings (SSSR count). The molecule has 5 N–H and O–H groups in total. The zero-order valence-electron chi connectivity index (χ0n) is 12.8. The molecule has 0 aliphatic carbocycles. The summed E-state index contributed by atoms with van der Waals surface area (Å²) >= 11 is 0. The maximum Gasteiger partial charge on any atom is 0.107 e. The smallest absolute Gasteiger partial charge is 0.107 e. The van der Waals surface area contributed by atoms with Gasteiger partial charge in [0, 0.05) is 17.3 Å². The number of nitrogen functional groups attached to an aromatic ring is 1. The first kappa shape index (κ1) is 14.0. The highest BCUT2D eigenvalue weighted by Gasteiger charge is 1.91. The molecule has 24 heavy (non-hydrogen) atoms. The largest absolute Gasteiger partial charge is 0.385 e. The van der Waals surface area contributed by atoms with Crippen LogP contribution < -0.4 is 27.1 Å². The molecular weight excluding hydrogens is 298 g/mol. The summed E-state index contributed by atoms with van der Waals surface area (Å²) in [4.78, 5) is 13.8. The molecule has 0 unspecified atom stereocenters. The van der Waals surface area contributed by atoms with Crippen molar-refractivity contribution in [3.63, 3.8) is 0 Å². The molecule has 0 atom stereocenters. The Morgan fingerprint density at radius 3 is 2.42 bits per heavy atom. The Balaban J connectivity index is 1.79. The van der Waals surface area contributed by atoms with Crippen LogP contribution in [-0.2, 0) is 0 Å². The van der Waals surface area contributed by atoms with Crippen molar-refractivity contribution in [2.24, 2.45) is 4.99 Å². The van der Waals surface area contributed by atoms with E-state index in [1.54, 1.807) is 6.21 Å². The molecule has 0 amide bonds. The van der Waals surface area contributed by atoms with Gasteiger partial charge in [0.25, 0.3) is 0 Å². The second-order valence-corrected chi connectivity index (χ2v) is 5.40. The number of anilines is 1. The van der Waals surface area contributed by atoms with E-state index in [-0.39, 0.29) is 0 Å². The topological polar surface area (TPSA) is 85.8 Å². The third-order valence-electron chi connectivity index (χ3n) is 3.52. The van der Waals surface area contributed by atoms with Crippen molar-refractivity contribution in [1.29, 1.82) is 0 Å². The van der Waals surface area contributed by atoms with Crippen molar-refractivity contribution < 1.29 is 0 Å². The molecule has 3 aromatic heterocycles. The summed E-state index contributed by atoms with van der Waals surface area (Å²) in [5.74, 6) is 0.650. The van der Waals surface area contributed by atoms with Crippen LogP contribution >= 0.6 is 0 Å². The lowest BCUT2D eigenvalue weighted by atomic mass is 10.4. The minimum Gasteiger partial charge on any atom is -0.385 e. The zero-order valence-corrected chi connectivity index (χ0v) is 12.8. The monoisotopic (exact) mass is 313 g/mol. The third-order valence-corrected chi connectivity index (χ3v) is 3.52. The molecule has 0 bridgehead atoms. The summed E-state index contributed by atoms with van der Waals surface area (Å²) in [6.07, 6.45) is 7.54. The Hall–Kier alpha value is -3.65. The molecule has 116 valence electrons. The summed E-state index contributed by atoms with van der Waals surface area (Å²) < 4.78 is 0. The van der Waals surface area contributed by atoms with E-state index in [0.717, 1.165) is 32.8 Å². The second kappa shape index (κ2) is 5.86. The van der Waals surface area contributed by atoms with E-state index in [2.05, 4.69) is 31.4 Å². The highest BCUT2D eigenvalue weighted by atomic mass is 14.8. The number of nitrogens with one attached hydrogen (secondary N) is 3. The van der Waals surface area contributed by atoms with Gasteiger partial charge in [0.2, 0.25) is 0 Å². The molecule has 0 saturated carbocycles. The number of H-pyrrole nitrogens is 3. The van der Waals surface area contributed by atoms with Crippen LogP contribution in [0.3, 0.4) is 0 Å². The Bertz CT molecular complexity index is 1220. The molecule has 3 aromatic rings. The number of nitrogens with zero attached hydrogens (tertiary/aromatic N) is 1. The van der Waals surface area contributed by atoms with Gasteiger partial charge >= 0.3 is 0 Å². The zero-order chi connectivity index (χ0) is 16.4. The van der Waals surface area contributed by atoms with E-state index < -0.39 is 0 Å². The van der Waals surface area contributed by atoms with E-state index >= 15 is 0 Å². The fourth-order valence-corrected chi connectivity index (χ4v) is 2.45. The number of aromatic nitrogens is 3. The predicted molar refractivity (Wildman–Crippen MR) is 95.9 cm³/mol. The summed E-state index contributed by atoms with van der Waals surface area (Å²) in [5, 5.41) is 3.61. The maximum atomic E-state index is 5.68. The predicted octanol–water partition coefficient (Wildman–Crippen LogP) is -0.263. The summed E-state index contributed by atoms with van der Waals surface area (Å²) in [7, 11) is 0. The van der Waals surface area contributed by atoms with Gasteiger partial charge in [-0.2, -0.15) is 0 Å². The van der Waals surface area contributed by atoms with Crippen molar-refractivity contribution in [3.05, 3.63) is 81.3 Å². The van der Waals surface area contributed by atoms with Gasteiger partial charge in [-0.15, -0.1) is 0 Å². The normalized spacial score (nSPS) is 13.5. The Kier molecular flexibility index (Phi) is 3.41. The quantitative estimate of drug-likeness (QED) is 0.490. The molecule has 0 fully saturated rings. The first-order chi connectivity index (χ1) is 11.7. The van der Waals surface area contributed by atoms with Crippen LogP contribution in [0.5, 0.6) is 0 Å². The van der Waals surface area contributed by atoms with Gasteiger partial charge in [-0.25, -0.2) is 4.99 Å². The van der Waals surface area contributed by atoms with Gasteiger partial charge in [0.05, 0.1) is 16.0 Å². The molecule has 0 radical (unpaired) electrons. The molecular formula is C19H15N5. The second-order valence-electron chi connectivity index (χ2n) is 5.40. The number of aliphatic imine (C=N–C) groups is 1. The standard InChI is InChI=1S/C19H15N5/c20-19-8-7-18(24-19)12-17-6-5-16(23-17)11-15-4-3-14(22-15)10-13-2-1-9-21-13/h1-9,12,22-24H,20H2. The van der Waals surface area contributed by atoms with E-state index in [0.29, 0.717) is 5.82 Å². The van der Waals surface area contributed by atoms with Crippen LogP contribution in [0.2, 0.25) is 0 Å². The van der Waals surface area contributed by atoms with Crippen LogP contribution in [0.1, 0.15) is 5.69 Å². The highest BCUT2D eigenvalue weighted by molar-refractivity contribution is 5.78. The van der Waals surface area contributed by atoms with Gasteiger partial charge in [-0.3, -0.25) is 0 Å². The van der Waals surface area contributed by atoms with E-state index in [1.807, 2.05) is 54.6 Å². The van der Waals surface area contributed by atoms with Gasteiger partial charge in [0.15, 0.2) is 0 Å².